The molecule has 136 valence electrons. The average molecular weight is 355 g/mol. The van der Waals surface area contributed by atoms with Gasteiger partial charge in [-0.1, -0.05) is 37.2 Å². The SMILES string of the molecule is CC(C)C[C@H](NC(=O)C1CC(c2ccnc3ccccc23)=NO1)B(O)O. The van der Waals surface area contributed by atoms with E-state index in [1.165, 1.54) is 0 Å². The van der Waals surface area contributed by atoms with Crippen molar-refractivity contribution in [2.45, 2.75) is 38.7 Å². The Kier molecular flexibility index (Phi) is 5.53. The molecule has 7 nitrogen and oxygen atoms in total. The maximum atomic E-state index is 12.4. The summed E-state index contributed by atoms with van der Waals surface area (Å²) >= 11 is 0. The number of carbonyl (C=O) groups is 1. The van der Waals surface area contributed by atoms with E-state index in [0.717, 1.165) is 16.5 Å². The van der Waals surface area contributed by atoms with Crippen LogP contribution in [0.15, 0.2) is 41.7 Å². The Balaban J connectivity index is 1.70. The first kappa shape index (κ1) is 18.3. The minimum atomic E-state index is -1.62. The van der Waals surface area contributed by atoms with Crippen molar-refractivity contribution >= 4 is 29.6 Å². The standard InChI is InChI=1S/C18H22BN3O4/c1-11(2)9-17(19(24)25)21-18(23)16-10-15(22-26-16)13-7-8-20-14-6-4-3-5-12(13)14/h3-8,11,16-17,24-25H,9-10H2,1-2H3,(H,21,23)/t16?,17-/m0/s1. The van der Waals surface area contributed by atoms with Gasteiger partial charge >= 0.3 is 7.12 Å². The van der Waals surface area contributed by atoms with Crippen LogP contribution in [0, 0.1) is 5.92 Å². The minimum absolute atomic E-state index is 0.210. The van der Waals surface area contributed by atoms with Gasteiger partial charge in [0.25, 0.3) is 5.91 Å². The van der Waals surface area contributed by atoms with Crippen LogP contribution in [0.4, 0.5) is 0 Å². The van der Waals surface area contributed by atoms with Crippen molar-refractivity contribution in [3.05, 3.63) is 42.1 Å². The van der Waals surface area contributed by atoms with Crippen molar-refractivity contribution in [2.24, 2.45) is 11.1 Å². The molecule has 0 aliphatic carbocycles. The van der Waals surface area contributed by atoms with Crippen molar-refractivity contribution in [3.8, 4) is 0 Å². The number of pyridine rings is 1. The Hall–Kier alpha value is -2.45. The number of benzene rings is 1. The zero-order valence-electron chi connectivity index (χ0n) is 14.8. The zero-order chi connectivity index (χ0) is 18.7. The maximum Gasteiger partial charge on any atom is 0.475 e. The first-order valence-corrected chi connectivity index (χ1v) is 8.69. The topological polar surface area (TPSA) is 104 Å². The van der Waals surface area contributed by atoms with Crippen molar-refractivity contribution in [1.29, 1.82) is 0 Å². The molecular weight excluding hydrogens is 333 g/mol. The fourth-order valence-electron chi connectivity index (χ4n) is 3.06. The average Bonchev–Trinajstić information content (AvgIpc) is 3.10. The predicted octanol–water partition coefficient (Wildman–Crippen LogP) is 1.27. The Labute approximate surface area is 152 Å². The third kappa shape index (κ3) is 4.03. The van der Waals surface area contributed by atoms with Gasteiger partial charge in [0.1, 0.15) is 0 Å². The van der Waals surface area contributed by atoms with Gasteiger partial charge in [0.05, 0.1) is 17.2 Å². The smallest absolute Gasteiger partial charge is 0.426 e. The summed E-state index contributed by atoms with van der Waals surface area (Å²) in [5.41, 5.74) is 2.40. The lowest BCUT2D eigenvalue weighted by Gasteiger charge is -2.20. The molecule has 2 heterocycles. The number of aromatic nitrogens is 1. The summed E-state index contributed by atoms with van der Waals surface area (Å²) in [5.74, 6) is -0.931. The Morgan fingerprint density at radius 3 is 2.85 bits per heavy atom. The molecule has 3 N–H and O–H groups in total. The highest BCUT2D eigenvalue weighted by molar-refractivity contribution is 6.43. The quantitative estimate of drug-likeness (QED) is 0.677. The van der Waals surface area contributed by atoms with Gasteiger partial charge in [-0.05, 0) is 24.5 Å². The van der Waals surface area contributed by atoms with Crippen LogP contribution in [0.1, 0.15) is 32.3 Å². The summed E-state index contributed by atoms with van der Waals surface area (Å²) in [4.78, 5) is 22.1. The summed E-state index contributed by atoms with van der Waals surface area (Å²) in [5, 5.41) is 26.6. The molecule has 0 bridgehead atoms. The fraction of sp³-hybridized carbons (Fsp3) is 0.389. The third-order valence-corrected chi connectivity index (χ3v) is 4.33. The molecule has 1 aromatic carbocycles. The van der Waals surface area contributed by atoms with Crippen molar-refractivity contribution in [1.82, 2.24) is 10.3 Å². The van der Waals surface area contributed by atoms with Crippen LogP contribution in [0.25, 0.3) is 10.9 Å². The number of nitrogens with zero attached hydrogens (tertiary/aromatic N) is 2. The highest BCUT2D eigenvalue weighted by atomic mass is 16.6. The second kappa shape index (κ2) is 7.84. The van der Waals surface area contributed by atoms with E-state index in [4.69, 9.17) is 4.84 Å². The summed E-state index contributed by atoms with van der Waals surface area (Å²) in [6.45, 7) is 3.90. The molecule has 2 atom stereocenters. The first-order valence-electron chi connectivity index (χ1n) is 8.69. The number of fused-ring (bicyclic) bond motifs is 1. The van der Waals surface area contributed by atoms with E-state index in [9.17, 15) is 14.8 Å². The van der Waals surface area contributed by atoms with Crippen LogP contribution in [0.2, 0.25) is 0 Å². The molecule has 0 fully saturated rings. The second-order valence-corrected chi connectivity index (χ2v) is 6.87. The molecule has 26 heavy (non-hydrogen) atoms. The molecule has 3 rings (SSSR count). The van der Waals surface area contributed by atoms with E-state index in [2.05, 4.69) is 15.5 Å². The maximum absolute atomic E-state index is 12.4. The molecular formula is C18H22BN3O4. The van der Waals surface area contributed by atoms with E-state index < -0.39 is 25.1 Å². The molecule has 1 aliphatic rings. The molecule has 8 heteroatoms. The number of carbonyl (C=O) groups excluding carboxylic acids is 1. The van der Waals surface area contributed by atoms with Gasteiger partial charge in [0.15, 0.2) is 0 Å². The second-order valence-electron chi connectivity index (χ2n) is 6.87. The summed E-state index contributed by atoms with van der Waals surface area (Å²) < 4.78 is 0. The summed E-state index contributed by atoms with van der Waals surface area (Å²) in [6.07, 6.45) is 1.69. The molecule has 1 aromatic heterocycles. The molecule has 0 radical (unpaired) electrons. The zero-order valence-corrected chi connectivity index (χ0v) is 14.8. The van der Waals surface area contributed by atoms with Gasteiger partial charge in [0.2, 0.25) is 6.10 Å². The number of amides is 1. The van der Waals surface area contributed by atoms with Gasteiger partial charge in [-0.2, -0.15) is 0 Å². The Morgan fingerprint density at radius 1 is 1.35 bits per heavy atom. The molecule has 0 spiro atoms. The molecule has 1 amide bonds. The minimum Gasteiger partial charge on any atom is -0.426 e. The lowest BCUT2D eigenvalue weighted by Crippen LogP contribution is -2.50. The van der Waals surface area contributed by atoms with Gasteiger partial charge in [-0.25, -0.2) is 0 Å². The van der Waals surface area contributed by atoms with Gasteiger partial charge < -0.3 is 20.2 Å². The predicted molar refractivity (Wildman–Crippen MR) is 99.3 cm³/mol. The monoisotopic (exact) mass is 355 g/mol. The number of para-hydroxylation sites is 1. The molecule has 0 saturated carbocycles. The molecule has 1 aliphatic heterocycles. The van der Waals surface area contributed by atoms with Gasteiger partial charge in [-0.3, -0.25) is 9.78 Å². The van der Waals surface area contributed by atoms with E-state index in [1.54, 1.807) is 6.20 Å². The van der Waals surface area contributed by atoms with Crippen molar-refractivity contribution < 1.29 is 19.7 Å². The van der Waals surface area contributed by atoms with Gasteiger partial charge in [-0.15, -0.1) is 0 Å². The van der Waals surface area contributed by atoms with Crippen LogP contribution >= 0.6 is 0 Å². The molecule has 1 unspecified atom stereocenters. The largest absolute Gasteiger partial charge is 0.475 e. The van der Waals surface area contributed by atoms with E-state index in [0.29, 0.717) is 18.6 Å². The Bertz CT molecular complexity index is 820. The lowest BCUT2D eigenvalue weighted by molar-refractivity contribution is -0.131. The number of rotatable bonds is 6. The normalized spacial score (nSPS) is 17.7. The number of hydrogen-bond acceptors (Lipinski definition) is 6. The number of hydrogen-bond donors (Lipinski definition) is 3. The van der Waals surface area contributed by atoms with Crippen molar-refractivity contribution in [3.63, 3.8) is 0 Å². The first-order chi connectivity index (χ1) is 12.5. The van der Waals surface area contributed by atoms with Crippen molar-refractivity contribution in [2.75, 3.05) is 0 Å². The van der Waals surface area contributed by atoms with Crippen LogP contribution in [0.5, 0.6) is 0 Å². The molecule has 0 saturated heterocycles. The molecule has 2 aromatic rings. The fourth-order valence-corrected chi connectivity index (χ4v) is 3.06. The number of nitrogens with one attached hydrogen (secondary N) is 1. The number of oxime groups is 1. The summed E-state index contributed by atoms with van der Waals surface area (Å²) in [6, 6.07) is 9.56. The van der Waals surface area contributed by atoms with E-state index in [-0.39, 0.29) is 5.92 Å². The van der Waals surface area contributed by atoms with Crippen LogP contribution in [0.3, 0.4) is 0 Å². The van der Waals surface area contributed by atoms with Crippen LogP contribution < -0.4 is 5.32 Å². The van der Waals surface area contributed by atoms with Gasteiger partial charge in [0, 0.05) is 23.6 Å². The van der Waals surface area contributed by atoms with E-state index in [1.807, 2.05) is 44.2 Å². The van der Waals surface area contributed by atoms with Crippen LogP contribution in [-0.2, 0) is 9.63 Å². The van der Waals surface area contributed by atoms with E-state index >= 15 is 0 Å². The van der Waals surface area contributed by atoms with Crippen LogP contribution in [-0.4, -0.2) is 45.8 Å². The highest BCUT2D eigenvalue weighted by Crippen LogP contribution is 2.23. The summed E-state index contributed by atoms with van der Waals surface area (Å²) in [7, 11) is -1.62. The third-order valence-electron chi connectivity index (χ3n) is 4.33. The lowest BCUT2D eigenvalue weighted by atomic mass is 9.75. The highest BCUT2D eigenvalue weighted by Gasteiger charge is 2.33. The Morgan fingerprint density at radius 2 is 2.12 bits per heavy atom.